The van der Waals surface area contributed by atoms with Crippen LogP contribution in [0.5, 0.6) is 0 Å². The Morgan fingerprint density at radius 2 is 2.42 bits per heavy atom. The summed E-state index contributed by atoms with van der Waals surface area (Å²) in [5.41, 5.74) is 0.845. The Kier molecular flexibility index (Phi) is 1.66. The molecule has 1 saturated heterocycles. The first-order chi connectivity index (χ1) is 5.79. The van der Waals surface area contributed by atoms with Gasteiger partial charge in [-0.3, -0.25) is 9.78 Å². The van der Waals surface area contributed by atoms with Gasteiger partial charge in [0, 0.05) is 6.20 Å². The van der Waals surface area contributed by atoms with E-state index in [1.54, 1.807) is 6.20 Å². The van der Waals surface area contributed by atoms with Crippen molar-refractivity contribution in [3.05, 3.63) is 30.1 Å². The lowest BCUT2D eigenvalue weighted by atomic mass is 10.2. The average Bonchev–Trinajstić information content (AvgIpc) is 2.84. The highest BCUT2D eigenvalue weighted by atomic mass is 16.6. The van der Waals surface area contributed by atoms with Gasteiger partial charge < -0.3 is 4.74 Å². The molecule has 1 aromatic rings. The van der Waals surface area contributed by atoms with Crippen LogP contribution in [-0.2, 0) is 9.53 Å². The van der Waals surface area contributed by atoms with E-state index in [4.69, 9.17) is 4.74 Å². The number of rotatable bonds is 2. The quantitative estimate of drug-likeness (QED) is 0.613. The number of nitrogens with zero attached hydrogens (tertiary/aromatic N) is 1. The molecule has 0 spiro atoms. The van der Waals surface area contributed by atoms with Crippen molar-refractivity contribution in [1.29, 1.82) is 0 Å². The molecule has 1 aliphatic rings. The highest BCUT2D eigenvalue weighted by Gasteiger charge is 2.44. The van der Waals surface area contributed by atoms with Gasteiger partial charge in [-0.1, -0.05) is 6.07 Å². The summed E-state index contributed by atoms with van der Waals surface area (Å²) < 4.78 is 5.15. The molecule has 1 aromatic heterocycles. The largest absolute Gasteiger partial charge is 0.355 e. The van der Waals surface area contributed by atoms with Gasteiger partial charge in [-0.15, -0.1) is 0 Å². The minimum Gasteiger partial charge on any atom is -0.355 e. The number of carbonyl (C=O) groups is 1. The number of pyridine rings is 1. The van der Waals surface area contributed by atoms with Gasteiger partial charge in [0.2, 0.25) is 0 Å². The van der Waals surface area contributed by atoms with E-state index < -0.39 is 0 Å². The van der Waals surface area contributed by atoms with Crippen LogP contribution in [-0.4, -0.2) is 16.9 Å². The molecule has 1 fully saturated rings. The highest BCUT2D eigenvalue weighted by Crippen LogP contribution is 2.37. The second kappa shape index (κ2) is 2.68. The number of carbonyl (C=O) groups excluding carboxylic acids is 1. The Morgan fingerprint density at radius 3 is 2.92 bits per heavy atom. The molecule has 2 atom stereocenters. The van der Waals surface area contributed by atoms with Gasteiger partial charge in [-0.05, 0) is 19.1 Å². The molecule has 0 saturated carbocycles. The molecule has 0 aliphatic carbocycles. The van der Waals surface area contributed by atoms with E-state index in [1.807, 2.05) is 18.2 Å². The van der Waals surface area contributed by atoms with E-state index in [1.165, 1.54) is 6.92 Å². The number of ketones is 1. The molecular weight excluding hydrogens is 154 g/mol. The van der Waals surface area contributed by atoms with E-state index in [2.05, 4.69) is 4.98 Å². The Bertz CT molecular complexity index is 297. The summed E-state index contributed by atoms with van der Waals surface area (Å²) in [4.78, 5) is 14.9. The van der Waals surface area contributed by atoms with Crippen LogP contribution in [0.1, 0.15) is 18.7 Å². The standard InChI is InChI=1S/C9H9NO2/c1-6(11)8-9(12-8)7-4-2-3-5-10-7/h2-5,8-9H,1H3/t8-,9-/m0/s1. The molecule has 3 nitrogen and oxygen atoms in total. The third kappa shape index (κ3) is 1.23. The molecule has 0 N–H and O–H groups in total. The van der Waals surface area contributed by atoms with Gasteiger partial charge >= 0.3 is 0 Å². The molecule has 2 heterocycles. The lowest BCUT2D eigenvalue weighted by Crippen LogP contribution is -2.01. The zero-order valence-electron chi connectivity index (χ0n) is 6.73. The Morgan fingerprint density at radius 1 is 1.58 bits per heavy atom. The Labute approximate surface area is 70.4 Å². The van der Waals surface area contributed by atoms with Crippen LogP contribution >= 0.6 is 0 Å². The van der Waals surface area contributed by atoms with Crippen molar-refractivity contribution in [3.8, 4) is 0 Å². The van der Waals surface area contributed by atoms with Gasteiger partial charge in [0.15, 0.2) is 5.78 Å². The maximum atomic E-state index is 10.8. The van der Waals surface area contributed by atoms with Gasteiger partial charge in [0.25, 0.3) is 0 Å². The summed E-state index contributed by atoms with van der Waals surface area (Å²) in [7, 11) is 0. The van der Waals surface area contributed by atoms with E-state index in [-0.39, 0.29) is 18.0 Å². The summed E-state index contributed by atoms with van der Waals surface area (Å²) in [5, 5.41) is 0. The van der Waals surface area contributed by atoms with E-state index in [0.29, 0.717) is 0 Å². The van der Waals surface area contributed by atoms with Crippen LogP contribution in [0.25, 0.3) is 0 Å². The van der Waals surface area contributed by atoms with Crippen LogP contribution in [0.4, 0.5) is 0 Å². The highest BCUT2D eigenvalue weighted by molar-refractivity contribution is 5.83. The molecule has 1 aliphatic heterocycles. The summed E-state index contributed by atoms with van der Waals surface area (Å²) in [6.45, 7) is 1.54. The van der Waals surface area contributed by atoms with Crippen molar-refractivity contribution in [3.63, 3.8) is 0 Å². The smallest absolute Gasteiger partial charge is 0.161 e. The Balaban J connectivity index is 2.11. The number of aromatic nitrogens is 1. The fourth-order valence-corrected chi connectivity index (χ4v) is 1.19. The van der Waals surface area contributed by atoms with E-state index in [0.717, 1.165) is 5.69 Å². The fraction of sp³-hybridized carbons (Fsp3) is 0.333. The van der Waals surface area contributed by atoms with Gasteiger partial charge in [-0.2, -0.15) is 0 Å². The second-order valence-corrected chi connectivity index (χ2v) is 2.84. The van der Waals surface area contributed by atoms with Crippen LogP contribution in [0.2, 0.25) is 0 Å². The van der Waals surface area contributed by atoms with Gasteiger partial charge in [0.1, 0.15) is 12.2 Å². The molecule has 62 valence electrons. The molecule has 0 unspecified atom stereocenters. The van der Waals surface area contributed by atoms with Crippen molar-refractivity contribution in [1.82, 2.24) is 4.98 Å². The van der Waals surface area contributed by atoms with Gasteiger partial charge in [0.05, 0.1) is 5.69 Å². The predicted molar refractivity (Wildman–Crippen MR) is 42.5 cm³/mol. The maximum Gasteiger partial charge on any atom is 0.161 e. The van der Waals surface area contributed by atoms with E-state index >= 15 is 0 Å². The second-order valence-electron chi connectivity index (χ2n) is 2.84. The van der Waals surface area contributed by atoms with Crippen LogP contribution < -0.4 is 0 Å². The number of Topliss-reactive ketones (excluding diaryl/α,β-unsaturated/α-hetero) is 1. The lowest BCUT2D eigenvalue weighted by Gasteiger charge is -1.90. The molecule has 0 aromatic carbocycles. The lowest BCUT2D eigenvalue weighted by molar-refractivity contribution is -0.118. The normalized spacial score (nSPS) is 26.8. The van der Waals surface area contributed by atoms with E-state index in [9.17, 15) is 4.79 Å². The number of ether oxygens (including phenoxy) is 1. The van der Waals surface area contributed by atoms with Crippen LogP contribution in [0, 0.1) is 0 Å². The summed E-state index contributed by atoms with van der Waals surface area (Å²) in [6, 6.07) is 5.60. The zero-order chi connectivity index (χ0) is 8.55. The van der Waals surface area contributed by atoms with Crippen molar-refractivity contribution in [2.45, 2.75) is 19.1 Å². The summed E-state index contributed by atoms with van der Waals surface area (Å²) in [6.07, 6.45) is 1.36. The maximum absolute atomic E-state index is 10.8. The summed E-state index contributed by atoms with van der Waals surface area (Å²) in [5.74, 6) is 0.0747. The van der Waals surface area contributed by atoms with Crippen LogP contribution in [0.3, 0.4) is 0 Å². The molecule has 2 rings (SSSR count). The third-order valence-electron chi connectivity index (χ3n) is 1.87. The molecule has 0 radical (unpaired) electrons. The van der Waals surface area contributed by atoms with Crippen molar-refractivity contribution >= 4 is 5.78 Å². The van der Waals surface area contributed by atoms with Gasteiger partial charge in [-0.25, -0.2) is 0 Å². The first kappa shape index (κ1) is 7.43. The van der Waals surface area contributed by atoms with Crippen LogP contribution in [0.15, 0.2) is 24.4 Å². The molecular formula is C9H9NO2. The molecule has 0 amide bonds. The first-order valence-corrected chi connectivity index (χ1v) is 3.86. The Hall–Kier alpha value is -1.22. The first-order valence-electron chi connectivity index (χ1n) is 3.86. The third-order valence-corrected chi connectivity index (χ3v) is 1.87. The molecule has 3 heteroatoms. The average molecular weight is 163 g/mol. The topological polar surface area (TPSA) is 42.5 Å². The van der Waals surface area contributed by atoms with Crippen molar-refractivity contribution in [2.75, 3.05) is 0 Å². The zero-order valence-corrected chi connectivity index (χ0v) is 6.73. The molecule has 0 bridgehead atoms. The minimum atomic E-state index is -0.250. The summed E-state index contributed by atoms with van der Waals surface area (Å²) >= 11 is 0. The predicted octanol–water partition coefficient (Wildman–Crippen LogP) is 1.11. The fourth-order valence-electron chi connectivity index (χ4n) is 1.19. The number of hydrogen-bond acceptors (Lipinski definition) is 3. The van der Waals surface area contributed by atoms with Crippen molar-refractivity contribution in [2.24, 2.45) is 0 Å². The number of hydrogen-bond donors (Lipinski definition) is 0. The SMILES string of the molecule is CC(=O)[C@@H]1O[C@H]1c1ccccn1. The van der Waals surface area contributed by atoms with Crippen molar-refractivity contribution < 1.29 is 9.53 Å². The molecule has 12 heavy (non-hydrogen) atoms. The monoisotopic (exact) mass is 163 g/mol. The number of epoxide rings is 1. The minimum absolute atomic E-state index is 0.0747.